The number of ether oxygens (including phenoxy) is 2. The van der Waals surface area contributed by atoms with Crippen LogP contribution in [0.4, 0.5) is 21.9 Å². The van der Waals surface area contributed by atoms with Gasteiger partial charge in [0.2, 0.25) is 0 Å². The van der Waals surface area contributed by atoms with E-state index in [4.69, 9.17) is 9.47 Å². The number of nitrogens with zero attached hydrogens (tertiary/aromatic N) is 4. The molecule has 0 spiro atoms. The minimum atomic E-state index is -0.0612. The zero-order valence-electron chi connectivity index (χ0n) is 19.2. The largest absolute Gasteiger partial charge is 0.497 e. The molecule has 2 amide bonds. The molecule has 0 atom stereocenters. The van der Waals surface area contributed by atoms with E-state index in [0.29, 0.717) is 13.1 Å². The molecule has 0 saturated carbocycles. The number of rotatable bonds is 5. The first-order valence-electron chi connectivity index (χ1n) is 11.1. The maximum Gasteiger partial charge on any atom is 0.321 e. The van der Waals surface area contributed by atoms with Gasteiger partial charge in [-0.1, -0.05) is 0 Å². The third-order valence-electron chi connectivity index (χ3n) is 6.28. The van der Waals surface area contributed by atoms with E-state index in [1.54, 1.807) is 14.2 Å². The van der Waals surface area contributed by atoms with E-state index in [1.807, 2.05) is 35.2 Å². The van der Waals surface area contributed by atoms with Crippen LogP contribution in [-0.2, 0) is 0 Å². The molecule has 0 aliphatic carbocycles. The Morgan fingerprint density at radius 3 is 2.09 bits per heavy atom. The minimum Gasteiger partial charge on any atom is -0.497 e. The zero-order chi connectivity index (χ0) is 22.5. The molecule has 1 N–H and O–H groups in total. The van der Waals surface area contributed by atoms with Gasteiger partial charge in [0.15, 0.2) is 0 Å². The van der Waals surface area contributed by atoms with E-state index in [9.17, 15) is 4.79 Å². The second-order valence-corrected chi connectivity index (χ2v) is 8.28. The van der Waals surface area contributed by atoms with Gasteiger partial charge < -0.3 is 34.4 Å². The number of nitrogens with one attached hydrogen (secondary N) is 1. The van der Waals surface area contributed by atoms with Crippen molar-refractivity contribution < 1.29 is 14.3 Å². The summed E-state index contributed by atoms with van der Waals surface area (Å²) in [7, 11) is 5.50. The van der Waals surface area contributed by atoms with Gasteiger partial charge in [0, 0.05) is 63.7 Å². The van der Waals surface area contributed by atoms with Crippen LogP contribution >= 0.6 is 0 Å². The van der Waals surface area contributed by atoms with Crippen LogP contribution in [0.2, 0.25) is 0 Å². The molecule has 2 aromatic carbocycles. The number of hydrogen-bond acceptors (Lipinski definition) is 6. The van der Waals surface area contributed by atoms with Gasteiger partial charge in [-0.2, -0.15) is 0 Å². The van der Waals surface area contributed by atoms with Crippen molar-refractivity contribution in [1.82, 2.24) is 9.80 Å². The van der Waals surface area contributed by atoms with Crippen LogP contribution in [0.25, 0.3) is 0 Å². The van der Waals surface area contributed by atoms with Crippen molar-refractivity contribution in [3.05, 3.63) is 42.5 Å². The van der Waals surface area contributed by atoms with E-state index < -0.39 is 0 Å². The molecule has 32 heavy (non-hydrogen) atoms. The Morgan fingerprint density at radius 1 is 0.812 bits per heavy atom. The molecule has 2 heterocycles. The average Bonchev–Trinajstić information content (AvgIpc) is 2.84. The normalized spacial score (nSPS) is 17.3. The molecular weight excluding hydrogens is 406 g/mol. The lowest BCUT2D eigenvalue weighted by Crippen LogP contribution is -2.50. The quantitative estimate of drug-likeness (QED) is 0.773. The Hall–Kier alpha value is -3.13. The summed E-state index contributed by atoms with van der Waals surface area (Å²) in [5, 5.41) is 3.08. The van der Waals surface area contributed by atoms with Crippen molar-refractivity contribution in [2.24, 2.45) is 0 Å². The first kappa shape index (κ1) is 22.1. The Bertz CT molecular complexity index is 904. The van der Waals surface area contributed by atoms with Crippen molar-refractivity contribution >= 4 is 23.1 Å². The molecule has 0 bridgehead atoms. The summed E-state index contributed by atoms with van der Waals surface area (Å²) in [5.41, 5.74) is 2.97. The zero-order valence-corrected chi connectivity index (χ0v) is 19.2. The van der Waals surface area contributed by atoms with Crippen molar-refractivity contribution in [3.8, 4) is 11.5 Å². The standard InChI is InChI=1S/C24H33N5O3/c1-26-10-12-28(13-11-26)22-18-19(4-9-23(22)32-3)25-24(30)29-16-14-27(15-17-29)20-5-7-21(31-2)8-6-20/h4-9,18H,10-17H2,1-3H3,(H,25,30). The van der Waals surface area contributed by atoms with Gasteiger partial charge in [-0.15, -0.1) is 0 Å². The Morgan fingerprint density at radius 2 is 1.47 bits per heavy atom. The minimum absolute atomic E-state index is 0.0612. The highest BCUT2D eigenvalue weighted by Crippen LogP contribution is 2.32. The smallest absolute Gasteiger partial charge is 0.321 e. The maximum absolute atomic E-state index is 12.9. The van der Waals surface area contributed by atoms with Gasteiger partial charge in [0.05, 0.1) is 19.9 Å². The number of likely N-dealkylation sites (N-methyl/N-ethyl adjacent to an activating group) is 1. The maximum atomic E-state index is 12.9. The number of benzene rings is 2. The average molecular weight is 440 g/mol. The van der Waals surface area contributed by atoms with Crippen LogP contribution in [0.5, 0.6) is 11.5 Å². The molecule has 0 radical (unpaired) electrons. The molecule has 2 saturated heterocycles. The molecule has 172 valence electrons. The number of methoxy groups -OCH3 is 2. The van der Waals surface area contributed by atoms with Gasteiger partial charge in [-0.25, -0.2) is 4.79 Å². The predicted octanol–water partition coefficient (Wildman–Crippen LogP) is 2.81. The van der Waals surface area contributed by atoms with Crippen LogP contribution in [0.3, 0.4) is 0 Å². The van der Waals surface area contributed by atoms with Gasteiger partial charge in [-0.3, -0.25) is 0 Å². The number of hydrogen-bond donors (Lipinski definition) is 1. The number of amides is 2. The molecule has 2 aromatic rings. The molecule has 8 heteroatoms. The van der Waals surface area contributed by atoms with Crippen molar-refractivity contribution in [1.29, 1.82) is 0 Å². The highest BCUT2D eigenvalue weighted by atomic mass is 16.5. The molecule has 0 aromatic heterocycles. The Labute approximate surface area is 190 Å². The first-order chi connectivity index (χ1) is 15.6. The summed E-state index contributed by atoms with van der Waals surface area (Å²) in [4.78, 5) is 21.7. The third-order valence-corrected chi connectivity index (χ3v) is 6.28. The lowest BCUT2D eigenvalue weighted by atomic mass is 10.2. The molecule has 4 rings (SSSR count). The summed E-state index contributed by atoms with van der Waals surface area (Å²) in [5.74, 6) is 1.68. The Kier molecular flexibility index (Phi) is 6.90. The molecule has 2 fully saturated rings. The lowest BCUT2D eigenvalue weighted by molar-refractivity contribution is 0.208. The fourth-order valence-electron chi connectivity index (χ4n) is 4.23. The topological polar surface area (TPSA) is 60.5 Å². The third kappa shape index (κ3) is 5.02. The molecule has 2 aliphatic rings. The fraction of sp³-hybridized carbons (Fsp3) is 0.458. The van der Waals surface area contributed by atoms with Crippen molar-refractivity contribution in [2.75, 3.05) is 88.7 Å². The highest BCUT2D eigenvalue weighted by molar-refractivity contribution is 5.90. The summed E-state index contributed by atoms with van der Waals surface area (Å²) in [6, 6.07) is 13.9. The number of carbonyl (C=O) groups excluding carboxylic acids is 1. The number of urea groups is 1. The molecular formula is C24H33N5O3. The van der Waals surface area contributed by atoms with E-state index in [1.165, 1.54) is 0 Å². The van der Waals surface area contributed by atoms with E-state index in [-0.39, 0.29) is 6.03 Å². The van der Waals surface area contributed by atoms with Crippen molar-refractivity contribution in [3.63, 3.8) is 0 Å². The summed E-state index contributed by atoms with van der Waals surface area (Å²) in [6.45, 7) is 6.87. The van der Waals surface area contributed by atoms with Crippen LogP contribution in [-0.4, -0.2) is 89.5 Å². The summed E-state index contributed by atoms with van der Waals surface area (Å²) < 4.78 is 10.8. The SMILES string of the molecule is COc1ccc(N2CCN(C(=O)Nc3ccc(OC)c(N4CCN(C)CC4)c3)CC2)cc1. The number of anilines is 3. The van der Waals surface area contributed by atoms with Crippen LogP contribution in [0.15, 0.2) is 42.5 Å². The molecule has 8 nitrogen and oxygen atoms in total. The lowest BCUT2D eigenvalue weighted by Gasteiger charge is -2.36. The second kappa shape index (κ2) is 9.99. The van der Waals surface area contributed by atoms with E-state index >= 15 is 0 Å². The van der Waals surface area contributed by atoms with Crippen LogP contribution in [0.1, 0.15) is 0 Å². The summed E-state index contributed by atoms with van der Waals surface area (Å²) >= 11 is 0. The highest BCUT2D eigenvalue weighted by Gasteiger charge is 2.23. The fourth-order valence-corrected chi connectivity index (χ4v) is 4.23. The van der Waals surface area contributed by atoms with Crippen LogP contribution < -0.4 is 24.6 Å². The van der Waals surface area contributed by atoms with Gasteiger partial charge in [0.1, 0.15) is 11.5 Å². The van der Waals surface area contributed by atoms with E-state index in [2.05, 4.69) is 39.2 Å². The van der Waals surface area contributed by atoms with Crippen molar-refractivity contribution in [2.45, 2.75) is 0 Å². The molecule has 2 aliphatic heterocycles. The van der Waals surface area contributed by atoms with E-state index in [0.717, 1.165) is 67.8 Å². The Balaban J connectivity index is 1.36. The van der Waals surface area contributed by atoms with Crippen LogP contribution in [0, 0.1) is 0 Å². The van der Waals surface area contributed by atoms with Gasteiger partial charge >= 0.3 is 6.03 Å². The molecule has 0 unspecified atom stereocenters. The van der Waals surface area contributed by atoms with Gasteiger partial charge in [-0.05, 0) is 49.5 Å². The summed E-state index contributed by atoms with van der Waals surface area (Å²) in [6.07, 6.45) is 0. The second-order valence-electron chi connectivity index (χ2n) is 8.28. The number of piperazine rings is 2. The predicted molar refractivity (Wildman–Crippen MR) is 129 cm³/mol. The van der Waals surface area contributed by atoms with Gasteiger partial charge in [0.25, 0.3) is 0 Å². The monoisotopic (exact) mass is 439 g/mol. The first-order valence-corrected chi connectivity index (χ1v) is 11.1. The number of carbonyl (C=O) groups is 1.